The highest BCUT2D eigenvalue weighted by atomic mass is 35.5. The average molecular weight is 399 g/mol. The topological polar surface area (TPSA) is 69.0 Å². The lowest BCUT2D eigenvalue weighted by Crippen LogP contribution is -2.30. The van der Waals surface area contributed by atoms with E-state index in [1.165, 1.54) is 23.1 Å². The minimum absolute atomic E-state index is 0.0956. The van der Waals surface area contributed by atoms with Crippen LogP contribution in [0.15, 0.2) is 66.1 Å². The molecule has 2 heterocycles. The molecule has 0 saturated heterocycles. The smallest absolute Gasteiger partial charge is 0.338 e. The number of allylic oxidation sites excluding steroid dienone is 1. The predicted octanol–water partition coefficient (Wildman–Crippen LogP) is 4.10. The van der Waals surface area contributed by atoms with Crippen LogP contribution in [0, 0.1) is 5.82 Å². The Kier molecular flexibility index (Phi) is 4.83. The highest BCUT2D eigenvalue weighted by Gasteiger charge is 2.37. The molecule has 0 saturated carbocycles. The lowest BCUT2D eigenvalue weighted by molar-refractivity contribution is -0.140. The molecular weight excluding hydrogens is 383 g/mol. The Bertz CT molecular complexity index is 1040. The van der Waals surface area contributed by atoms with Gasteiger partial charge >= 0.3 is 5.97 Å². The summed E-state index contributed by atoms with van der Waals surface area (Å²) >= 11 is 6.29. The van der Waals surface area contributed by atoms with Gasteiger partial charge < -0.3 is 10.1 Å². The fourth-order valence-corrected chi connectivity index (χ4v) is 3.46. The second-order valence-corrected chi connectivity index (χ2v) is 6.70. The van der Waals surface area contributed by atoms with Crippen LogP contribution in [-0.4, -0.2) is 20.7 Å². The molecule has 0 amide bonds. The third-order valence-electron chi connectivity index (χ3n) is 4.50. The molecule has 3 aromatic rings. The summed E-state index contributed by atoms with van der Waals surface area (Å²) in [6.07, 6.45) is 1.33. The molecule has 1 aliphatic rings. The summed E-state index contributed by atoms with van der Waals surface area (Å²) in [5, 5.41) is 7.36. The molecule has 28 heavy (non-hydrogen) atoms. The molecule has 1 aromatic heterocycles. The lowest BCUT2D eigenvalue weighted by atomic mass is 9.95. The van der Waals surface area contributed by atoms with Gasteiger partial charge in [0.15, 0.2) is 0 Å². The van der Waals surface area contributed by atoms with Crippen LogP contribution < -0.4 is 5.32 Å². The molecule has 6 nitrogen and oxygen atoms in total. The van der Waals surface area contributed by atoms with Gasteiger partial charge in [0, 0.05) is 16.3 Å². The molecule has 1 aliphatic heterocycles. The van der Waals surface area contributed by atoms with Gasteiger partial charge in [-0.15, -0.1) is 0 Å². The van der Waals surface area contributed by atoms with E-state index in [4.69, 9.17) is 16.3 Å². The highest BCUT2D eigenvalue weighted by molar-refractivity contribution is 6.31. The molecule has 0 fully saturated rings. The molecule has 0 spiro atoms. The summed E-state index contributed by atoms with van der Waals surface area (Å²) in [4.78, 5) is 17.1. The quantitative estimate of drug-likeness (QED) is 0.670. The lowest BCUT2D eigenvalue weighted by Gasteiger charge is -2.29. The number of fused-ring (bicyclic) bond motifs is 1. The summed E-state index contributed by atoms with van der Waals surface area (Å²) in [6, 6.07) is 12.8. The van der Waals surface area contributed by atoms with E-state index in [0.29, 0.717) is 11.6 Å². The number of carbonyl (C=O) groups excluding carboxylic acids is 1. The molecule has 0 bridgehead atoms. The van der Waals surface area contributed by atoms with Gasteiger partial charge in [0.1, 0.15) is 24.8 Å². The number of benzene rings is 2. The average Bonchev–Trinajstić information content (AvgIpc) is 3.14. The summed E-state index contributed by atoms with van der Waals surface area (Å²) < 4.78 is 21.6. The minimum Gasteiger partial charge on any atom is -0.457 e. The van der Waals surface area contributed by atoms with E-state index in [-0.39, 0.29) is 22.8 Å². The molecule has 142 valence electrons. The van der Waals surface area contributed by atoms with Crippen molar-refractivity contribution in [3.8, 4) is 0 Å². The van der Waals surface area contributed by atoms with Crippen molar-refractivity contribution in [1.82, 2.24) is 14.8 Å². The van der Waals surface area contributed by atoms with E-state index in [0.717, 1.165) is 5.56 Å². The molecule has 4 rings (SSSR count). The summed E-state index contributed by atoms with van der Waals surface area (Å²) in [7, 11) is 0. The van der Waals surface area contributed by atoms with Crippen LogP contribution in [0.4, 0.5) is 10.3 Å². The Morgan fingerprint density at radius 3 is 2.79 bits per heavy atom. The van der Waals surface area contributed by atoms with Crippen LogP contribution in [0.25, 0.3) is 0 Å². The first kappa shape index (κ1) is 18.2. The molecule has 0 aliphatic carbocycles. The number of hydrogen-bond acceptors (Lipinski definition) is 5. The Balaban J connectivity index is 1.74. The third-order valence-corrected chi connectivity index (χ3v) is 4.83. The van der Waals surface area contributed by atoms with Gasteiger partial charge in [0.25, 0.3) is 0 Å². The summed E-state index contributed by atoms with van der Waals surface area (Å²) in [5.41, 5.74) is 1.71. The first-order valence-corrected chi connectivity index (χ1v) is 8.96. The zero-order valence-electron chi connectivity index (χ0n) is 14.9. The van der Waals surface area contributed by atoms with Gasteiger partial charge in [-0.25, -0.2) is 13.9 Å². The Labute approximate surface area is 165 Å². The van der Waals surface area contributed by atoms with Gasteiger partial charge in [-0.3, -0.25) is 0 Å². The fourth-order valence-electron chi connectivity index (χ4n) is 3.20. The van der Waals surface area contributed by atoms with Crippen molar-refractivity contribution in [2.75, 3.05) is 5.32 Å². The number of rotatable bonds is 4. The van der Waals surface area contributed by atoms with E-state index < -0.39 is 17.8 Å². The van der Waals surface area contributed by atoms with Crippen molar-refractivity contribution >= 4 is 23.5 Å². The molecular formula is C20H16ClFN4O2. The van der Waals surface area contributed by atoms with E-state index in [2.05, 4.69) is 15.4 Å². The molecule has 8 heteroatoms. The van der Waals surface area contributed by atoms with Gasteiger partial charge in [-0.2, -0.15) is 10.1 Å². The second-order valence-electron chi connectivity index (χ2n) is 6.29. The first-order valence-electron chi connectivity index (χ1n) is 8.58. The number of aromatic nitrogens is 3. The van der Waals surface area contributed by atoms with Crippen LogP contribution in [0.1, 0.15) is 24.1 Å². The first-order chi connectivity index (χ1) is 13.6. The highest BCUT2D eigenvalue weighted by Crippen LogP contribution is 2.39. The third kappa shape index (κ3) is 3.25. The van der Waals surface area contributed by atoms with Crippen LogP contribution >= 0.6 is 11.6 Å². The Morgan fingerprint density at radius 2 is 2.04 bits per heavy atom. The number of carbonyl (C=O) groups is 1. The number of ether oxygens (including phenoxy) is 1. The molecule has 1 N–H and O–H groups in total. The second kappa shape index (κ2) is 7.44. The van der Waals surface area contributed by atoms with Crippen molar-refractivity contribution in [3.63, 3.8) is 0 Å². The van der Waals surface area contributed by atoms with Gasteiger partial charge in [-0.1, -0.05) is 48.0 Å². The van der Waals surface area contributed by atoms with E-state index in [1.54, 1.807) is 13.0 Å². The van der Waals surface area contributed by atoms with E-state index in [9.17, 15) is 9.18 Å². The fraction of sp³-hybridized carbons (Fsp3) is 0.150. The molecule has 0 unspecified atom stereocenters. The maximum absolute atomic E-state index is 14.7. The normalized spacial score (nSPS) is 15.8. The Hall–Kier alpha value is -3.19. The largest absolute Gasteiger partial charge is 0.457 e. The van der Waals surface area contributed by atoms with Crippen LogP contribution in [0.3, 0.4) is 0 Å². The number of hydrogen-bond donors (Lipinski definition) is 1. The van der Waals surface area contributed by atoms with Crippen LogP contribution in [-0.2, 0) is 16.1 Å². The van der Waals surface area contributed by atoms with E-state index in [1.807, 2.05) is 30.3 Å². The maximum atomic E-state index is 14.7. The van der Waals surface area contributed by atoms with Gasteiger partial charge in [-0.05, 0) is 24.6 Å². The standard InChI is InChI=1S/C20H16ClFN4O2/c1-12-16(19(27)28-10-13-6-3-2-4-7-13)18(26-20(25-12)23-11-24-26)17-14(21)8-5-9-15(17)22/h2-9,11,18H,10H2,1H3,(H,23,24,25)/t18-/m1/s1. The SMILES string of the molecule is CC1=C(C(=O)OCc2ccccc2)[C@H](c2c(F)cccc2Cl)n2ncnc2N1. The van der Waals surface area contributed by atoms with Crippen LogP contribution in [0.2, 0.25) is 5.02 Å². The van der Waals surface area contributed by atoms with Gasteiger partial charge in [0.2, 0.25) is 5.95 Å². The van der Waals surface area contributed by atoms with Crippen molar-refractivity contribution in [1.29, 1.82) is 0 Å². The zero-order valence-corrected chi connectivity index (χ0v) is 15.7. The maximum Gasteiger partial charge on any atom is 0.338 e. The number of nitrogens with one attached hydrogen (secondary N) is 1. The predicted molar refractivity (Wildman–Crippen MR) is 102 cm³/mol. The molecule has 2 aromatic carbocycles. The summed E-state index contributed by atoms with van der Waals surface area (Å²) in [5.74, 6) is -0.734. The van der Waals surface area contributed by atoms with Crippen LogP contribution in [0.5, 0.6) is 0 Å². The monoisotopic (exact) mass is 398 g/mol. The van der Waals surface area contributed by atoms with Crippen molar-refractivity contribution in [3.05, 3.63) is 88.1 Å². The minimum atomic E-state index is -0.893. The molecule has 1 atom stereocenters. The van der Waals surface area contributed by atoms with Crippen molar-refractivity contribution < 1.29 is 13.9 Å². The number of esters is 1. The zero-order chi connectivity index (χ0) is 19.7. The molecule has 0 radical (unpaired) electrons. The van der Waals surface area contributed by atoms with Crippen molar-refractivity contribution in [2.24, 2.45) is 0 Å². The summed E-state index contributed by atoms with van der Waals surface area (Å²) in [6.45, 7) is 1.80. The van der Waals surface area contributed by atoms with Crippen molar-refractivity contribution in [2.45, 2.75) is 19.6 Å². The number of anilines is 1. The van der Waals surface area contributed by atoms with Gasteiger partial charge in [0.05, 0.1) is 5.57 Å². The Morgan fingerprint density at radius 1 is 1.25 bits per heavy atom. The van der Waals surface area contributed by atoms with E-state index >= 15 is 0 Å². The number of nitrogens with zero attached hydrogens (tertiary/aromatic N) is 3. The number of halogens is 2.